The monoisotopic (exact) mass is 429 g/mol. The van der Waals surface area contributed by atoms with Gasteiger partial charge in [0.05, 0.1) is 30.7 Å². The number of thioether (sulfide) groups is 1. The van der Waals surface area contributed by atoms with Crippen molar-refractivity contribution in [3.63, 3.8) is 0 Å². The number of aromatic nitrogens is 4. The normalized spacial score (nSPS) is 11.1. The van der Waals surface area contributed by atoms with Gasteiger partial charge in [0.15, 0.2) is 11.0 Å². The van der Waals surface area contributed by atoms with E-state index in [2.05, 4.69) is 45.8 Å². The molecule has 0 saturated heterocycles. The van der Waals surface area contributed by atoms with Crippen molar-refractivity contribution in [2.45, 2.75) is 51.6 Å². The molecular formula is C21H27N5O3S. The summed E-state index contributed by atoms with van der Waals surface area (Å²) in [4.78, 5) is 21.3. The molecule has 2 aromatic heterocycles. The number of aryl methyl sites for hydroxylation is 1. The second-order valence-corrected chi connectivity index (χ2v) is 8.33. The van der Waals surface area contributed by atoms with E-state index in [9.17, 15) is 4.79 Å². The SMILES string of the molecule is COc1ccccc1NC(=O)Cc1noc(CSc2nc(C)c(C)n2CC(C)C)n1. The average Bonchev–Trinajstić information content (AvgIpc) is 3.25. The maximum absolute atomic E-state index is 12.3. The molecule has 0 radical (unpaired) electrons. The Balaban J connectivity index is 1.59. The number of hydrogen-bond donors (Lipinski definition) is 1. The zero-order valence-electron chi connectivity index (χ0n) is 17.9. The van der Waals surface area contributed by atoms with Crippen molar-refractivity contribution in [1.82, 2.24) is 19.7 Å². The van der Waals surface area contributed by atoms with Crippen molar-refractivity contribution in [3.8, 4) is 5.75 Å². The molecule has 0 unspecified atom stereocenters. The quantitative estimate of drug-likeness (QED) is 0.513. The Hall–Kier alpha value is -2.81. The fourth-order valence-electron chi connectivity index (χ4n) is 2.95. The molecule has 160 valence electrons. The van der Waals surface area contributed by atoms with Gasteiger partial charge in [0.25, 0.3) is 0 Å². The van der Waals surface area contributed by atoms with Gasteiger partial charge in [-0.3, -0.25) is 4.79 Å². The minimum Gasteiger partial charge on any atom is -0.495 e. The molecule has 0 spiro atoms. The van der Waals surface area contributed by atoms with Gasteiger partial charge in [-0.15, -0.1) is 0 Å². The minimum absolute atomic E-state index is 0.0202. The fourth-order valence-corrected chi connectivity index (χ4v) is 3.89. The lowest BCUT2D eigenvalue weighted by Crippen LogP contribution is -2.15. The zero-order chi connectivity index (χ0) is 21.7. The molecule has 0 saturated carbocycles. The molecule has 1 aromatic carbocycles. The molecule has 1 N–H and O–H groups in total. The second kappa shape index (κ2) is 9.80. The number of nitrogens with zero attached hydrogens (tertiary/aromatic N) is 4. The summed E-state index contributed by atoms with van der Waals surface area (Å²) in [7, 11) is 1.56. The van der Waals surface area contributed by atoms with E-state index in [1.54, 1.807) is 31.0 Å². The van der Waals surface area contributed by atoms with Gasteiger partial charge in [-0.05, 0) is 31.9 Å². The van der Waals surface area contributed by atoms with Crippen LogP contribution in [-0.2, 0) is 23.5 Å². The van der Waals surface area contributed by atoms with Crippen LogP contribution in [-0.4, -0.2) is 32.7 Å². The number of carbonyl (C=O) groups excluding carboxylic acids is 1. The molecule has 0 aliphatic rings. The van der Waals surface area contributed by atoms with Crippen molar-refractivity contribution in [2.75, 3.05) is 12.4 Å². The van der Waals surface area contributed by atoms with E-state index in [0.29, 0.717) is 34.8 Å². The van der Waals surface area contributed by atoms with Crippen LogP contribution in [0.1, 0.15) is 37.0 Å². The maximum Gasteiger partial charge on any atom is 0.237 e. The molecule has 0 bridgehead atoms. The van der Waals surface area contributed by atoms with Crippen LogP contribution in [0.15, 0.2) is 33.9 Å². The van der Waals surface area contributed by atoms with Crippen molar-refractivity contribution >= 4 is 23.4 Å². The molecule has 3 rings (SSSR count). The number of rotatable bonds is 9. The molecule has 30 heavy (non-hydrogen) atoms. The first-order valence-corrected chi connectivity index (χ1v) is 10.8. The average molecular weight is 430 g/mol. The van der Waals surface area contributed by atoms with Gasteiger partial charge in [-0.1, -0.05) is 42.9 Å². The highest BCUT2D eigenvalue weighted by Crippen LogP contribution is 2.26. The summed E-state index contributed by atoms with van der Waals surface area (Å²) in [5.41, 5.74) is 2.80. The number of imidazole rings is 1. The van der Waals surface area contributed by atoms with E-state index in [1.807, 2.05) is 19.1 Å². The van der Waals surface area contributed by atoms with Crippen molar-refractivity contribution in [1.29, 1.82) is 0 Å². The molecular weight excluding hydrogens is 402 g/mol. The Morgan fingerprint density at radius 2 is 2.03 bits per heavy atom. The molecule has 8 nitrogen and oxygen atoms in total. The van der Waals surface area contributed by atoms with Crippen LogP contribution in [0.3, 0.4) is 0 Å². The van der Waals surface area contributed by atoms with E-state index in [4.69, 9.17) is 9.26 Å². The first-order valence-electron chi connectivity index (χ1n) is 9.78. The standard InChI is InChI=1S/C21H27N5O3S/c1-13(2)11-26-15(4)14(3)22-21(26)30-12-20-24-18(25-29-20)10-19(27)23-16-8-6-7-9-17(16)28-5/h6-9,13H,10-12H2,1-5H3,(H,23,27). The van der Waals surface area contributed by atoms with E-state index in [1.165, 1.54) is 5.69 Å². The van der Waals surface area contributed by atoms with Crippen molar-refractivity contribution in [3.05, 3.63) is 47.4 Å². The van der Waals surface area contributed by atoms with Gasteiger partial charge in [-0.25, -0.2) is 4.98 Å². The summed E-state index contributed by atoms with van der Waals surface area (Å²) in [6, 6.07) is 7.23. The third-order valence-electron chi connectivity index (χ3n) is 4.51. The van der Waals surface area contributed by atoms with Crippen LogP contribution in [0, 0.1) is 19.8 Å². The number of anilines is 1. The first kappa shape index (κ1) is 21.9. The number of methoxy groups -OCH3 is 1. The Morgan fingerprint density at radius 3 is 2.77 bits per heavy atom. The molecule has 0 aliphatic heterocycles. The lowest BCUT2D eigenvalue weighted by atomic mass is 10.2. The van der Waals surface area contributed by atoms with Gasteiger partial charge < -0.3 is 19.1 Å². The highest BCUT2D eigenvalue weighted by atomic mass is 32.2. The first-order chi connectivity index (χ1) is 14.4. The Kier molecular flexibility index (Phi) is 7.15. The van der Waals surface area contributed by atoms with Crippen LogP contribution < -0.4 is 10.1 Å². The molecule has 1 amide bonds. The summed E-state index contributed by atoms with van der Waals surface area (Å²) in [6.07, 6.45) is 0.0202. The highest BCUT2D eigenvalue weighted by molar-refractivity contribution is 7.98. The van der Waals surface area contributed by atoms with E-state index < -0.39 is 0 Å². The van der Waals surface area contributed by atoms with Gasteiger partial charge >= 0.3 is 0 Å². The predicted octanol–water partition coefficient (Wildman–Crippen LogP) is 4.02. The van der Waals surface area contributed by atoms with Gasteiger partial charge in [0, 0.05) is 12.2 Å². The lowest BCUT2D eigenvalue weighted by molar-refractivity contribution is -0.115. The highest BCUT2D eigenvalue weighted by Gasteiger charge is 2.16. The zero-order valence-corrected chi connectivity index (χ0v) is 18.7. The minimum atomic E-state index is -0.238. The molecule has 3 aromatic rings. The Morgan fingerprint density at radius 1 is 1.27 bits per heavy atom. The maximum atomic E-state index is 12.3. The summed E-state index contributed by atoms with van der Waals surface area (Å²) in [6.45, 7) is 9.38. The fraction of sp³-hybridized carbons (Fsp3) is 0.429. The predicted molar refractivity (Wildman–Crippen MR) is 116 cm³/mol. The second-order valence-electron chi connectivity index (χ2n) is 7.39. The van der Waals surface area contributed by atoms with Crippen molar-refractivity contribution < 1.29 is 14.1 Å². The summed E-state index contributed by atoms with van der Waals surface area (Å²) < 4.78 is 12.8. The van der Waals surface area contributed by atoms with E-state index in [0.717, 1.165) is 17.4 Å². The summed E-state index contributed by atoms with van der Waals surface area (Å²) in [5.74, 6) is 2.19. The number of carbonyl (C=O) groups is 1. The van der Waals surface area contributed by atoms with Crippen LogP contribution >= 0.6 is 11.8 Å². The van der Waals surface area contributed by atoms with Crippen LogP contribution in [0.4, 0.5) is 5.69 Å². The van der Waals surface area contributed by atoms with E-state index in [-0.39, 0.29) is 12.3 Å². The molecule has 9 heteroatoms. The molecule has 2 heterocycles. The topological polar surface area (TPSA) is 95.1 Å². The number of hydrogen-bond acceptors (Lipinski definition) is 7. The number of ether oxygens (including phenoxy) is 1. The summed E-state index contributed by atoms with van der Waals surface area (Å²) >= 11 is 1.56. The van der Waals surface area contributed by atoms with Crippen LogP contribution in [0.25, 0.3) is 0 Å². The lowest BCUT2D eigenvalue weighted by Gasteiger charge is -2.11. The van der Waals surface area contributed by atoms with Crippen LogP contribution in [0.5, 0.6) is 5.75 Å². The molecule has 0 fully saturated rings. The number of para-hydroxylation sites is 2. The number of amides is 1. The van der Waals surface area contributed by atoms with E-state index >= 15 is 0 Å². The Labute approximate surface area is 180 Å². The van der Waals surface area contributed by atoms with Crippen LogP contribution in [0.2, 0.25) is 0 Å². The van der Waals surface area contributed by atoms with Crippen molar-refractivity contribution in [2.24, 2.45) is 5.92 Å². The Bertz CT molecular complexity index is 1010. The third-order valence-corrected chi connectivity index (χ3v) is 5.47. The summed E-state index contributed by atoms with van der Waals surface area (Å²) in [5, 5.41) is 7.67. The third kappa shape index (κ3) is 5.41. The molecule has 0 atom stereocenters. The van der Waals surface area contributed by atoms with Gasteiger partial charge in [-0.2, -0.15) is 4.98 Å². The number of benzene rings is 1. The largest absolute Gasteiger partial charge is 0.495 e. The smallest absolute Gasteiger partial charge is 0.237 e. The molecule has 0 aliphatic carbocycles. The van der Waals surface area contributed by atoms with Gasteiger partial charge in [0.1, 0.15) is 5.75 Å². The van der Waals surface area contributed by atoms with Gasteiger partial charge in [0.2, 0.25) is 11.8 Å². The number of nitrogens with one attached hydrogen (secondary N) is 1.